The molecule has 0 saturated carbocycles. The molecule has 2 aromatic rings. The molecule has 2 aromatic carbocycles. The molecule has 0 aliphatic carbocycles. The van der Waals surface area contributed by atoms with Crippen LogP contribution in [0.1, 0.15) is 10.4 Å². The third-order valence-electron chi connectivity index (χ3n) is 2.84. The number of hydrazine groups is 1. The van der Waals surface area contributed by atoms with Gasteiger partial charge in [-0.25, -0.2) is 10.2 Å². The van der Waals surface area contributed by atoms with Crippen molar-refractivity contribution in [2.24, 2.45) is 0 Å². The maximum Gasteiger partial charge on any atom is 0.338 e. The number of hydrogen-bond donors (Lipinski definition) is 3. The Bertz CT molecular complexity index is 700. The summed E-state index contributed by atoms with van der Waals surface area (Å²) in [5.41, 5.74) is 5.10. The third kappa shape index (κ3) is 4.51. The second-order valence-electron chi connectivity index (χ2n) is 4.36. The van der Waals surface area contributed by atoms with Crippen molar-refractivity contribution in [3.05, 3.63) is 58.1 Å². The van der Waals surface area contributed by atoms with Crippen LogP contribution in [0, 0.1) is 0 Å². The van der Waals surface area contributed by atoms with Gasteiger partial charge in [0.15, 0.2) is 0 Å². The number of methoxy groups -OCH3 is 1. The van der Waals surface area contributed by atoms with Crippen molar-refractivity contribution in [2.45, 2.75) is 0 Å². The number of anilines is 1. The number of carbonyl (C=O) groups excluding carboxylic acids is 2. The lowest BCUT2D eigenvalue weighted by molar-refractivity contribution is 0.0938. The van der Waals surface area contributed by atoms with Crippen LogP contribution < -0.4 is 20.9 Å². The van der Waals surface area contributed by atoms with Crippen molar-refractivity contribution in [1.82, 2.24) is 10.9 Å². The number of benzene rings is 2. The average Bonchev–Trinajstić information content (AvgIpc) is 2.56. The topological polar surface area (TPSA) is 79.5 Å². The Kier molecular flexibility index (Phi) is 5.67. The molecule has 0 atom stereocenters. The van der Waals surface area contributed by atoms with E-state index in [-0.39, 0.29) is 15.7 Å². The van der Waals surface area contributed by atoms with Crippen LogP contribution in [0.3, 0.4) is 0 Å². The number of amides is 3. The fourth-order valence-electron chi connectivity index (χ4n) is 1.69. The van der Waals surface area contributed by atoms with Crippen molar-refractivity contribution < 1.29 is 14.3 Å². The number of para-hydroxylation sites is 1. The number of nitrogens with one attached hydrogen (secondary N) is 3. The lowest BCUT2D eigenvalue weighted by Crippen LogP contribution is -2.44. The van der Waals surface area contributed by atoms with E-state index >= 15 is 0 Å². The molecule has 2 rings (SSSR count). The number of carbonyl (C=O) groups is 2. The molecular weight excluding hydrogens is 341 g/mol. The highest BCUT2D eigenvalue weighted by molar-refractivity contribution is 6.39. The first kappa shape index (κ1) is 16.9. The van der Waals surface area contributed by atoms with Gasteiger partial charge in [-0.2, -0.15) is 0 Å². The van der Waals surface area contributed by atoms with Crippen LogP contribution >= 0.6 is 23.2 Å². The van der Waals surface area contributed by atoms with Gasteiger partial charge in [-0.3, -0.25) is 10.2 Å². The Morgan fingerprint density at radius 2 is 1.57 bits per heavy atom. The molecule has 0 radical (unpaired) electrons. The van der Waals surface area contributed by atoms with Crippen molar-refractivity contribution >= 4 is 40.8 Å². The number of urea groups is 1. The van der Waals surface area contributed by atoms with E-state index in [1.165, 1.54) is 7.11 Å². The first-order valence-electron chi connectivity index (χ1n) is 6.46. The van der Waals surface area contributed by atoms with Gasteiger partial charge in [0.25, 0.3) is 5.91 Å². The van der Waals surface area contributed by atoms with Crippen molar-refractivity contribution in [2.75, 3.05) is 12.4 Å². The highest BCUT2D eigenvalue weighted by Crippen LogP contribution is 2.29. The van der Waals surface area contributed by atoms with Gasteiger partial charge in [0.1, 0.15) is 5.75 Å². The predicted octanol–water partition coefficient (Wildman–Crippen LogP) is 3.47. The largest absolute Gasteiger partial charge is 0.497 e. The third-order valence-corrected chi connectivity index (χ3v) is 3.47. The zero-order valence-electron chi connectivity index (χ0n) is 12.0. The minimum atomic E-state index is -0.679. The molecule has 0 aliphatic rings. The molecule has 0 unspecified atom stereocenters. The fourth-order valence-corrected chi connectivity index (χ4v) is 2.18. The standard InChI is InChI=1S/C15H13Cl2N3O3/c1-23-10-7-5-9(6-8-10)14(21)19-20-15(22)18-13-11(16)3-2-4-12(13)17/h2-8H,1H3,(H,19,21)(H2,18,20,22). The zero-order valence-corrected chi connectivity index (χ0v) is 13.5. The van der Waals surface area contributed by atoms with E-state index in [1.807, 2.05) is 0 Å². The molecule has 0 aliphatic heterocycles. The van der Waals surface area contributed by atoms with Gasteiger partial charge in [0.2, 0.25) is 0 Å². The van der Waals surface area contributed by atoms with E-state index in [2.05, 4.69) is 16.2 Å². The number of hydrogen-bond acceptors (Lipinski definition) is 3. The summed E-state index contributed by atoms with van der Waals surface area (Å²) in [7, 11) is 1.53. The Hall–Kier alpha value is -2.44. The summed E-state index contributed by atoms with van der Waals surface area (Å²) < 4.78 is 5.00. The molecule has 0 heterocycles. The van der Waals surface area contributed by atoms with Crippen LogP contribution in [-0.4, -0.2) is 19.0 Å². The maximum absolute atomic E-state index is 11.9. The summed E-state index contributed by atoms with van der Waals surface area (Å²) in [6.07, 6.45) is 0. The molecule has 3 N–H and O–H groups in total. The Morgan fingerprint density at radius 3 is 2.13 bits per heavy atom. The Morgan fingerprint density at radius 1 is 0.957 bits per heavy atom. The van der Waals surface area contributed by atoms with Crippen LogP contribution in [0.5, 0.6) is 5.75 Å². The Labute approximate surface area is 142 Å². The SMILES string of the molecule is COc1ccc(C(=O)NNC(=O)Nc2c(Cl)cccc2Cl)cc1. The van der Waals surface area contributed by atoms with Crippen molar-refractivity contribution in [3.8, 4) is 5.75 Å². The number of halogens is 2. The summed E-state index contributed by atoms with van der Waals surface area (Å²) in [5, 5.41) is 3.03. The van der Waals surface area contributed by atoms with Gasteiger partial charge in [-0.1, -0.05) is 29.3 Å². The van der Waals surface area contributed by atoms with Gasteiger partial charge in [-0.15, -0.1) is 0 Å². The second-order valence-corrected chi connectivity index (χ2v) is 5.17. The summed E-state index contributed by atoms with van der Waals surface area (Å²) >= 11 is 11.9. The van der Waals surface area contributed by atoms with E-state index in [4.69, 9.17) is 27.9 Å². The molecule has 0 fully saturated rings. The van der Waals surface area contributed by atoms with Crippen molar-refractivity contribution in [1.29, 1.82) is 0 Å². The van der Waals surface area contributed by atoms with Crippen LogP contribution in [-0.2, 0) is 0 Å². The van der Waals surface area contributed by atoms with Crippen LogP contribution in [0.25, 0.3) is 0 Å². The van der Waals surface area contributed by atoms with Gasteiger partial charge in [0.05, 0.1) is 22.8 Å². The molecule has 6 nitrogen and oxygen atoms in total. The van der Waals surface area contributed by atoms with Gasteiger partial charge in [-0.05, 0) is 36.4 Å². The second kappa shape index (κ2) is 7.71. The van der Waals surface area contributed by atoms with E-state index in [1.54, 1.807) is 42.5 Å². The first-order valence-corrected chi connectivity index (χ1v) is 7.22. The first-order chi connectivity index (χ1) is 11.0. The lowest BCUT2D eigenvalue weighted by atomic mass is 10.2. The molecule has 3 amide bonds. The summed E-state index contributed by atoms with van der Waals surface area (Å²) in [5.74, 6) is 0.147. The minimum absolute atomic E-state index is 0.257. The quantitative estimate of drug-likeness (QED) is 0.739. The van der Waals surface area contributed by atoms with Gasteiger partial charge < -0.3 is 10.1 Å². The van der Waals surface area contributed by atoms with Gasteiger partial charge in [0, 0.05) is 5.56 Å². The highest BCUT2D eigenvalue weighted by Gasteiger charge is 2.11. The van der Waals surface area contributed by atoms with Crippen LogP contribution in [0.15, 0.2) is 42.5 Å². The highest BCUT2D eigenvalue weighted by atomic mass is 35.5. The molecule has 120 valence electrons. The molecule has 0 bridgehead atoms. The summed E-state index contributed by atoms with van der Waals surface area (Å²) in [6, 6.07) is 10.5. The number of ether oxygens (including phenoxy) is 1. The zero-order chi connectivity index (χ0) is 16.8. The smallest absolute Gasteiger partial charge is 0.338 e. The van der Waals surface area contributed by atoms with Crippen LogP contribution in [0.4, 0.5) is 10.5 Å². The average molecular weight is 354 g/mol. The summed E-state index contributed by atoms with van der Waals surface area (Å²) in [6.45, 7) is 0. The van der Waals surface area contributed by atoms with E-state index in [9.17, 15) is 9.59 Å². The number of rotatable bonds is 3. The van der Waals surface area contributed by atoms with E-state index in [0.29, 0.717) is 11.3 Å². The Balaban J connectivity index is 1.92. The minimum Gasteiger partial charge on any atom is -0.497 e. The molecule has 0 saturated heterocycles. The molecule has 8 heteroatoms. The lowest BCUT2D eigenvalue weighted by Gasteiger charge is -2.11. The summed E-state index contributed by atoms with van der Waals surface area (Å²) in [4.78, 5) is 23.7. The van der Waals surface area contributed by atoms with Gasteiger partial charge >= 0.3 is 6.03 Å². The monoisotopic (exact) mass is 353 g/mol. The fraction of sp³-hybridized carbons (Fsp3) is 0.0667. The molecule has 0 aromatic heterocycles. The molecule has 0 spiro atoms. The maximum atomic E-state index is 11.9. The van der Waals surface area contributed by atoms with E-state index < -0.39 is 11.9 Å². The van der Waals surface area contributed by atoms with Crippen molar-refractivity contribution in [3.63, 3.8) is 0 Å². The normalized spacial score (nSPS) is 9.87. The van der Waals surface area contributed by atoms with E-state index in [0.717, 1.165) is 0 Å². The molecular formula is C15H13Cl2N3O3. The molecule has 23 heavy (non-hydrogen) atoms. The van der Waals surface area contributed by atoms with Crippen LogP contribution in [0.2, 0.25) is 10.0 Å². The predicted molar refractivity (Wildman–Crippen MR) is 89.1 cm³/mol.